The van der Waals surface area contributed by atoms with Gasteiger partial charge < -0.3 is 10.5 Å². The molecule has 5 heteroatoms. The van der Waals surface area contributed by atoms with Crippen LogP contribution in [0.2, 0.25) is 0 Å². The number of hydrogen-bond acceptors (Lipinski definition) is 3. The summed E-state index contributed by atoms with van der Waals surface area (Å²) in [5.41, 5.74) is 8.39. The second-order valence-electron chi connectivity index (χ2n) is 4.55. The zero-order valence-electron chi connectivity index (χ0n) is 11.2. The van der Waals surface area contributed by atoms with Gasteiger partial charge in [-0.15, -0.1) is 0 Å². The minimum Gasteiger partial charge on any atom is -0.488 e. The van der Waals surface area contributed by atoms with Gasteiger partial charge in [0.05, 0.1) is 6.20 Å². The van der Waals surface area contributed by atoms with Crippen LogP contribution in [0.15, 0.2) is 35.1 Å². The molecule has 20 heavy (non-hydrogen) atoms. The Bertz CT molecular complexity index is 604. The van der Waals surface area contributed by atoms with Gasteiger partial charge in [-0.05, 0) is 49.2 Å². The summed E-state index contributed by atoms with van der Waals surface area (Å²) in [5, 5.41) is 0. The standard InChI is InChI=1S/C15H16BrFN2O/c1-10-4-13(16)6-12(2-3-18)15(10)20-9-11-5-14(17)8-19-7-11/h4-8H,2-3,9,18H2,1H3. The van der Waals surface area contributed by atoms with Gasteiger partial charge in [-0.2, -0.15) is 0 Å². The van der Waals surface area contributed by atoms with Gasteiger partial charge in [-0.3, -0.25) is 4.98 Å². The number of nitrogens with zero attached hydrogens (tertiary/aromatic N) is 1. The number of hydrogen-bond donors (Lipinski definition) is 1. The molecule has 0 atom stereocenters. The molecule has 1 aromatic heterocycles. The molecule has 0 aliphatic carbocycles. The average molecular weight is 339 g/mol. The summed E-state index contributed by atoms with van der Waals surface area (Å²) >= 11 is 3.47. The van der Waals surface area contributed by atoms with E-state index in [4.69, 9.17) is 10.5 Å². The van der Waals surface area contributed by atoms with Crippen LogP contribution in [-0.2, 0) is 13.0 Å². The Morgan fingerprint density at radius 1 is 1.30 bits per heavy atom. The van der Waals surface area contributed by atoms with Crippen molar-refractivity contribution in [2.24, 2.45) is 5.73 Å². The van der Waals surface area contributed by atoms with Crippen LogP contribution in [0.5, 0.6) is 5.75 Å². The topological polar surface area (TPSA) is 48.1 Å². The first-order valence-corrected chi connectivity index (χ1v) is 7.10. The van der Waals surface area contributed by atoms with Gasteiger partial charge in [0.1, 0.15) is 18.2 Å². The monoisotopic (exact) mass is 338 g/mol. The maximum Gasteiger partial charge on any atom is 0.141 e. The minimum absolute atomic E-state index is 0.283. The van der Waals surface area contributed by atoms with Crippen LogP contribution in [-0.4, -0.2) is 11.5 Å². The fourth-order valence-corrected chi connectivity index (χ4v) is 2.66. The zero-order valence-corrected chi connectivity index (χ0v) is 12.8. The number of nitrogens with two attached hydrogens (primary N) is 1. The van der Waals surface area contributed by atoms with Crippen molar-refractivity contribution in [3.8, 4) is 5.75 Å². The van der Waals surface area contributed by atoms with Crippen LogP contribution in [0, 0.1) is 12.7 Å². The highest BCUT2D eigenvalue weighted by Crippen LogP contribution is 2.29. The number of aryl methyl sites for hydroxylation is 1. The summed E-state index contributed by atoms with van der Waals surface area (Å²) in [6.45, 7) is 2.81. The summed E-state index contributed by atoms with van der Waals surface area (Å²) in [6.07, 6.45) is 3.51. The van der Waals surface area contributed by atoms with Gasteiger partial charge >= 0.3 is 0 Å². The molecule has 2 rings (SSSR count). The molecule has 0 aliphatic heterocycles. The Hall–Kier alpha value is -1.46. The number of benzene rings is 1. The lowest BCUT2D eigenvalue weighted by molar-refractivity contribution is 0.299. The largest absolute Gasteiger partial charge is 0.488 e. The Morgan fingerprint density at radius 3 is 2.80 bits per heavy atom. The van der Waals surface area contributed by atoms with Crippen molar-refractivity contribution in [3.63, 3.8) is 0 Å². The van der Waals surface area contributed by atoms with Gasteiger partial charge in [-0.25, -0.2) is 4.39 Å². The summed E-state index contributed by atoms with van der Waals surface area (Å²) in [5.74, 6) is 0.448. The lowest BCUT2D eigenvalue weighted by Crippen LogP contribution is -2.07. The maximum atomic E-state index is 13.1. The van der Waals surface area contributed by atoms with Crippen LogP contribution >= 0.6 is 15.9 Å². The van der Waals surface area contributed by atoms with E-state index in [1.807, 2.05) is 19.1 Å². The fourth-order valence-electron chi connectivity index (χ4n) is 2.04. The second kappa shape index (κ2) is 6.81. The number of halogens is 2. The molecule has 2 N–H and O–H groups in total. The average Bonchev–Trinajstić information content (AvgIpc) is 2.38. The molecule has 1 heterocycles. The highest BCUT2D eigenvalue weighted by molar-refractivity contribution is 9.10. The van der Waals surface area contributed by atoms with Crippen LogP contribution in [0.4, 0.5) is 4.39 Å². The number of pyridine rings is 1. The van der Waals surface area contributed by atoms with E-state index in [1.54, 1.807) is 6.20 Å². The predicted molar refractivity (Wildman–Crippen MR) is 80.2 cm³/mol. The minimum atomic E-state index is -0.360. The van der Waals surface area contributed by atoms with Gasteiger partial charge in [0, 0.05) is 16.2 Å². The molecule has 1 aromatic carbocycles. The summed E-state index contributed by atoms with van der Waals surface area (Å²) in [4.78, 5) is 3.81. The van der Waals surface area contributed by atoms with Crippen molar-refractivity contribution in [1.29, 1.82) is 0 Å². The first kappa shape index (κ1) is 14.9. The smallest absolute Gasteiger partial charge is 0.141 e. The third-order valence-electron chi connectivity index (χ3n) is 2.87. The van der Waals surface area contributed by atoms with E-state index in [-0.39, 0.29) is 12.4 Å². The Morgan fingerprint density at radius 2 is 2.10 bits per heavy atom. The van der Waals surface area contributed by atoms with Crippen LogP contribution < -0.4 is 10.5 Å². The molecule has 0 aliphatic rings. The van der Waals surface area contributed by atoms with Crippen molar-refractivity contribution in [1.82, 2.24) is 4.98 Å². The van der Waals surface area contributed by atoms with Crippen molar-refractivity contribution in [2.45, 2.75) is 20.0 Å². The molecule has 2 aromatic rings. The maximum absolute atomic E-state index is 13.1. The highest BCUT2D eigenvalue weighted by Gasteiger charge is 2.09. The van der Waals surface area contributed by atoms with Crippen molar-refractivity contribution < 1.29 is 9.13 Å². The van der Waals surface area contributed by atoms with Crippen molar-refractivity contribution in [3.05, 3.63) is 57.6 Å². The zero-order chi connectivity index (χ0) is 14.5. The fraction of sp³-hybridized carbons (Fsp3) is 0.267. The van der Waals surface area contributed by atoms with Crippen LogP contribution in [0.25, 0.3) is 0 Å². The number of rotatable bonds is 5. The number of aromatic nitrogens is 1. The highest BCUT2D eigenvalue weighted by atomic mass is 79.9. The molecule has 3 nitrogen and oxygen atoms in total. The van der Waals surface area contributed by atoms with Gasteiger partial charge in [0.15, 0.2) is 0 Å². The van der Waals surface area contributed by atoms with Gasteiger partial charge in [-0.1, -0.05) is 15.9 Å². The Balaban J connectivity index is 2.20. The Labute approximate surface area is 126 Å². The van der Waals surface area contributed by atoms with Gasteiger partial charge in [0.25, 0.3) is 0 Å². The third kappa shape index (κ3) is 3.77. The van der Waals surface area contributed by atoms with E-state index < -0.39 is 0 Å². The lowest BCUT2D eigenvalue weighted by atomic mass is 10.1. The van der Waals surface area contributed by atoms with E-state index in [9.17, 15) is 4.39 Å². The molecule has 0 fully saturated rings. The second-order valence-corrected chi connectivity index (χ2v) is 5.47. The quantitative estimate of drug-likeness (QED) is 0.909. The van der Waals surface area contributed by atoms with E-state index in [0.717, 1.165) is 27.8 Å². The van der Waals surface area contributed by atoms with E-state index in [0.29, 0.717) is 12.1 Å². The molecule has 0 amide bonds. The van der Waals surface area contributed by atoms with E-state index in [1.165, 1.54) is 12.3 Å². The van der Waals surface area contributed by atoms with Crippen LogP contribution in [0.3, 0.4) is 0 Å². The van der Waals surface area contributed by atoms with E-state index in [2.05, 4.69) is 20.9 Å². The molecule has 0 saturated carbocycles. The van der Waals surface area contributed by atoms with Gasteiger partial charge in [0.2, 0.25) is 0 Å². The first-order valence-electron chi connectivity index (χ1n) is 6.31. The SMILES string of the molecule is Cc1cc(Br)cc(CCN)c1OCc1cncc(F)c1. The van der Waals surface area contributed by atoms with Crippen molar-refractivity contribution >= 4 is 15.9 Å². The molecule has 0 spiro atoms. The molecular weight excluding hydrogens is 323 g/mol. The molecular formula is C15H16BrFN2O. The summed E-state index contributed by atoms with van der Waals surface area (Å²) in [6, 6.07) is 5.40. The first-order chi connectivity index (χ1) is 9.60. The Kier molecular flexibility index (Phi) is 5.09. The molecule has 106 valence electrons. The van der Waals surface area contributed by atoms with Crippen molar-refractivity contribution in [2.75, 3.05) is 6.54 Å². The molecule has 0 radical (unpaired) electrons. The third-order valence-corrected chi connectivity index (χ3v) is 3.33. The lowest BCUT2D eigenvalue weighted by Gasteiger charge is -2.14. The summed E-state index contributed by atoms with van der Waals surface area (Å²) < 4.78 is 19.9. The number of ether oxygens (including phenoxy) is 1. The van der Waals surface area contributed by atoms with E-state index >= 15 is 0 Å². The molecule has 0 unspecified atom stereocenters. The molecule has 0 saturated heterocycles. The normalized spacial score (nSPS) is 10.6. The predicted octanol–water partition coefficient (Wildman–Crippen LogP) is 3.37. The summed E-state index contributed by atoms with van der Waals surface area (Å²) in [7, 11) is 0. The van der Waals surface area contributed by atoms with Crippen LogP contribution in [0.1, 0.15) is 16.7 Å². The molecule has 0 bridgehead atoms.